The molecule has 2 unspecified atom stereocenters. The van der Waals surface area contributed by atoms with Gasteiger partial charge in [-0.2, -0.15) is 0 Å². The van der Waals surface area contributed by atoms with E-state index in [1.54, 1.807) is 0 Å². The first kappa shape index (κ1) is 14.9. The molecule has 1 fully saturated rings. The van der Waals surface area contributed by atoms with Crippen molar-refractivity contribution in [2.24, 2.45) is 11.8 Å². The molecule has 17 heavy (non-hydrogen) atoms. The first-order chi connectivity index (χ1) is 8.09. The van der Waals surface area contributed by atoms with Gasteiger partial charge in [-0.15, -0.1) is 0 Å². The average molecular weight is 243 g/mol. The summed E-state index contributed by atoms with van der Waals surface area (Å²) in [4.78, 5) is 0. The van der Waals surface area contributed by atoms with E-state index in [0.29, 0.717) is 24.0 Å². The van der Waals surface area contributed by atoms with Crippen LogP contribution in [0.4, 0.5) is 0 Å². The third kappa shape index (κ3) is 6.39. The molecule has 1 aliphatic heterocycles. The van der Waals surface area contributed by atoms with Gasteiger partial charge in [0.1, 0.15) is 0 Å². The van der Waals surface area contributed by atoms with Crippen LogP contribution in [-0.4, -0.2) is 38.5 Å². The molecule has 1 saturated heterocycles. The van der Waals surface area contributed by atoms with E-state index in [9.17, 15) is 0 Å². The summed E-state index contributed by atoms with van der Waals surface area (Å²) in [6.07, 6.45) is 2.98. The Morgan fingerprint density at radius 1 is 1.24 bits per heavy atom. The van der Waals surface area contributed by atoms with E-state index in [0.717, 1.165) is 32.7 Å². The quantitative estimate of drug-likeness (QED) is 0.710. The van der Waals surface area contributed by atoms with Crippen molar-refractivity contribution < 1.29 is 9.47 Å². The van der Waals surface area contributed by atoms with E-state index in [-0.39, 0.29) is 0 Å². The van der Waals surface area contributed by atoms with Crippen molar-refractivity contribution >= 4 is 0 Å². The van der Waals surface area contributed by atoms with E-state index < -0.39 is 0 Å². The molecule has 2 atom stereocenters. The number of rotatable bonds is 8. The Balaban J connectivity index is 2.17. The van der Waals surface area contributed by atoms with Crippen molar-refractivity contribution in [2.75, 3.05) is 26.3 Å². The van der Waals surface area contributed by atoms with E-state index in [4.69, 9.17) is 9.47 Å². The van der Waals surface area contributed by atoms with Crippen LogP contribution in [0.1, 0.15) is 40.5 Å². The fourth-order valence-corrected chi connectivity index (χ4v) is 2.01. The molecule has 102 valence electrons. The lowest BCUT2D eigenvalue weighted by Crippen LogP contribution is -2.36. The first-order valence-corrected chi connectivity index (χ1v) is 7.03. The maximum Gasteiger partial charge on any atom is 0.0809 e. The third-order valence-electron chi connectivity index (χ3n) is 3.16. The molecule has 3 heteroatoms. The summed E-state index contributed by atoms with van der Waals surface area (Å²) in [6.45, 7) is 12.6. The summed E-state index contributed by atoms with van der Waals surface area (Å²) >= 11 is 0. The molecule has 3 nitrogen and oxygen atoms in total. The molecule has 0 aromatic carbocycles. The van der Waals surface area contributed by atoms with Gasteiger partial charge >= 0.3 is 0 Å². The zero-order valence-corrected chi connectivity index (χ0v) is 11.9. The van der Waals surface area contributed by atoms with Crippen LogP contribution in [0, 0.1) is 11.8 Å². The van der Waals surface area contributed by atoms with Gasteiger partial charge in [-0.1, -0.05) is 27.7 Å². The van der Waals surface area contributed by atoms with Crippen LogP contribution in [0.25, 0.3) is 0 Å². The molecule has 0 amide bonds. The van der Waals surface area contributed by atoms with Crippen molar-refractivity contribution in [3.8, 4) is 0 Å². The highest BCUT2D eigenvalue weighted by atomic mass is 16.5. The standard InChI is InChI=1S/C14H29NO2/c1-11(2)8-15-9-14(12(3)4)17-10-13-6-5-7-16-13/h11-15H,5-10H2,1-4H3. The molecular formula is C14H29NO2. The van der Waals surface area contributed by atoms with Gasteiger partial charge in [0.05, 0.1) is 18.8 Å². The molecule has 0 saturated carbocycles. The van der Waals surface area contributed by atoms with Gasteiger partial charge in [-0.3, -0.25) is 0 Å². The van der Waals surface area contributed by atoms with Crippen molar-refractivity contribution in [2.45, 2.75) is 52.7 Å². The highest BCUT2D eigenvalue weighted by Crippen LogP contribution is 2.14. The van der Waals surface area contributed by atoms with Gasteiger partial charge < -0.3 is 14.8 Å². The Hall–Kier alpha value is -0.120. The topological polar surface area (TPSA) is 30.5 Å². The molecular weight excluding hydrogens is 214 g/mol. The monoisotopic (exact) mass is 243 g/mol. The lowest BCUT2D eigenvalue weighted by Gasteiger charge is -2.24. The normalized spacial score (nSPS) is 22.6. The van der Waals surface area contributed by atoms with Crippen LogP contribution in [0.15, 0.2) is 0 Å². The largest absolute Gasteiger partial charge is 0.376 e. The number of hydrogen-bond acceptors (Lipinski definition) is 3. The van der Waals surface area contributed by atoms with Gasteiger partial charge in [0.2, 0.25) is 0 Å². The van der Waals surface area contributed by atoms with E-state index >= 15 is 0 Å². The second kappa shape index (κ2) is 8.06. The summed E-state index contributed by atoms with van der Waals surface area (Å²) in [7, 11) is 0. The first-order valence-electron chi connectivity index (χ1n) is 7.03. The van der Waals surface area contributed by atoms with Crippen LogP contribution in [-0.2, 0) is 9.47 Å². The number of ether oxygens (including phenoxy) is 2. The molecule has 0 aliphatic carbocycles. The van der Waals surface area contributed by atoms with Gasteiger partial charge in [0.15, 0.2) is 0 Å². The van der Waals surface area contributed by atoms with Crippen LogP contribution in [0.5, 0.6) is 0 Å². The Bertz CT molecular complexity index is 189. The minimum atomic E-state index is 0.304. The summed E-state index contributed by atoms with van der Waals surface area (Å²) < 4.78 is 11.6. The smallest absolute Gasteiger partial charge is 0.0809 e. The molecule has 1 rings (SSSR count). The van der Waals surface area contributed by atoms with Crippen LogP contribution < -0.4 is 5.32 Å². The van der Waals surface area contributed by atoms with Crippen LogP contribution >= 0.6 is 0 Å². The van der Waals surface area contributed by atoms with Crippen LogP contribution in [0.2, 0.25) is 0 Å². The SMILES string of the molecule is CC(C)CNCC(OCC1CCCO1)C(C)C. The molecule has 0 bridgehead atoms. The van der Waals surface area contributed by atoms with E-state index in [1.807, 2.05) is 0 Å². The minimum absolute atomic E-state index is 0.304. The Morgan fingerprint density at radius 2 is 2.00 bits per heavy atom. The second-order valence-corrected chi connectivity index (χ2v) is 5.80. The molecule has 0 aromatic heterocycles. The van der Waals surface area contributed by atoms with E-state index in [1.165, 1.54) is 6.42 Å². The molecule has 1 aliphatic rings. The number of nitrogens with one attached hydrogen (secondary N) is 1. The zero-order chi connectivity index (χ0) is 12.7. The second-order valence-electron chi connectivity index (χ2n) is 5.80. The Kier molecular flexibility index (Phi) is 7.09. The highest BCUT2D eigenvalue weighted by Gasteiger charge is 2.19. The molecule has 0 aromatic rings. The van der Waals surface area contributed by atoms with Crippen LogP contribution in [0.3, 0.4) is 0 Å². The zero-order valence-electron chi connectivity index (χ0n) is 11.9. The van der Waals surface area contributed by atoms with Crippen molar-refractivity contribution in [3.63, 3.8) is 0 Å². The van der Waals surface area contributed by atoms with E-state index in [2.05, 4.69) is 33.0 Å². The maximum absolute atomic E-state index is 5.98. The van der Waals surface area contributed by atoms with Gasteiger partial charge in [-0.05, 0) is 31.2 Å². The third-order valence-corrected chi connectivity index (χ3v) is 3.16. The average Bonchev–Trinajstić information content (AvgIpc) is 2.74. The maximum atomic E-state index is 5.98. The summed E-state index contributed by atoms with van der Waals surface area (Å²) in [5.74, 6) is 1.25. The number of hydrogen-bond donors (Lipinski definition) is 1. The molecule has 1 N–H and O–H groups in total. The fraction of sp³-hybridized carbons (Fsp3) is 1.00. The van der Waals surface area contributed by atoms with Crippen molar-refractivity contribution in [1.82, 2.24) is 5.32 Å². The summed E-state index contributed by atoms with van der Waals surface area (Å²) in [5.41, 5.74) is 0. The summed E-state index contributed by atoms with van der Waals surface area (Å²) in [5, 5.41) is 3.48. The lowest BCUT2D eigenvalue weighted by atomic mass is 10.1. The minimum Gasteiger partial charge on any atom is -0.376 e. The predicted octanol–water partition coefficient (Wildman–Crippen LogP) is 2.45. The molecule has 0 spiro atoms. The highest BCUT2D eigenvalue weighted by molar-refractivity contribution is 4.70. The van der Waals surface area contributed by atoms with Gasteiger partial charge in [-0.25, -0.2) is 0 Å². The van der Waals surface area contributed by atoms with Gasteiger partial charge in [0, 0.05) is 13.2 Å². The summed E-state index contributed by atoms with van der Waals surface area (Å²) in [6, 6.07) is 0. The molecule has 0 radical (unpaired) electrons. The van der Waals surface area contributed by atoms with Crippen molar-refractivity contribution in [1.29, 1.82) is 0 Å². The molecule has 1 heterocycles. The predicted molar refractivity (Wildman–Crippen MR) is 71.3 cm³/mol. The Morgan fingerprint density at radius 3 is 2.53 bits per heavy atom. The van der Waals surface area contributed by atoms with Gasteiger partial charge in [0.25, 0.3) is 0 Å². The van der Waals surface area contributed by atoms with Crippen molar-refractivity contribution in [3.05, 3.63) is 0 Å². The Labute approximate surface area is 106 Å². The fourth-order valence-electron chi connectivity index (χ4n) is 2.01. The lowest BCUT2D eigenvalue weighted by molar-refractivity contribution is -0.0360.